The number of ketones is 3. The molecule has 0 atom stereocenters. The first kappa shape index (κ1) is 15.5. The molecule has 6 heteroatoms. The van der Waals surface area contributed by atoms with Crippen molar-refractivity contribution in [3.05, 3.63) is 46.7 Å². The number of carbonyl (C=O) groups excluding carboxylic acids is 3. The van der Waals surface area contributed by atoms with Gasteiger partial charge in [-0.3, -0.25) is 14.4 Å². The molecule has 3 N–H and O–H groups in total. The molecule has 1 aromatic rings. The van der Waals surface area contributed by atoms with Crippen LogP contribution in [-0.2, 0) is 4.79 Å². The Morgan fingerprint density at radius 3 is 2.14 bits per heavy atom. The molecule has 1 aliphatic rings. The normalized spacial score (nSPS) is 14.6. The summed E-state index contributed by atoms with van der Waals surface area (Å²) in [4.78, 5) is 35.8. The maximum atomic E-state index is 12.3. The van der Waals surface area contributed by atoms with Crippen LogP contribution in [0.15, 0.2) is 35.6 Å². The van der Waals surface area contributed by atoms with E-state index in [1.54, 1.807) is 0 Å². The van der Waals surface area contributed by atoms with Crippen molar-refractivity contribution in [1.29, 1.82) is 0 Å². The van der Waals surface area contributed by atoms with E-state index in [-0.39, 0.29) is 28.9 Å². The Morgan fingerprint density at radius 1 is 1.05 bits per heavy atom. The molecule has 114 valence electrons. The summed E-state index contributed by atoms with van der Waals surface area (Å²) in [7, 11) is 0. The van der Waals surface area contributed by atoms with Crippen molar-refractivity contribution in [2.75, 3.05) is 0 Å². The summed E-state index contributed by atoms with van der Waals surface area (Å²) in [6.07, 6.45) is 3.15. The fourth-order valence-electron chi connectivity index (χ4n) is 2.12. The molecular weight excluding hydrogens is 288 g/mol. The fraction of sp³-hybridized carbons (Fsp3) is 0.188. The molecule has 0 heterocycles. The minimum Gasteiger partial charge on any atom is -0.504 e. The second-order valence-electron chi connectivity index (χ2n) is 4.86. The van der Waals surface area contributed by atoms with E-state index in [0.29, 0.717) is 6.42 Å². The highest BCUT2D eigenvalue weighted by Gasteiger charge is 2.32. The lowest BCUT2D eigenvalue weighted by Gasteiger charge is -2.16. The number of aliphatic hydroxyl groups excluding tert-OH is 1. The summed E-state index contributed by atoms with van der Waals surface area (Å²) in [6.45, 7) is 1.82. The zero-order chi connectivity index (χ0) is 16.4. The van der Waals surface area contributed by atoms with Crippen LogP contribution in [0.4, 0.5) is 0 Å². The topological polar surface area (TPSA) is 112 Å². The first-order valence-corrected chi connectivity index (χ1v) is 6.66. The van der Waals surface area contributed by atoms with Gasteiger partial charge in [0.25, 0.3) is 0 Å². The maximum Gasteiger partial charge on any atom is 0.228 e. The number of aliphatic hydroxyl groups is 1. The molecule has 0 spiro atoms. The molecule has 0 unspecified atom stereocenters. The Balaban J connectivity index is 2.47. The molecule has 2 rings (SSSR count). The van der Waals surface area contributed by atoms with Crippen LogP contribution in [0.2, 0.25) is 0 Å². The quantitative estimate of drug-likeness (QED) is 0.580. The molecular formula is C16H14O6. The number of aromatic hydroxyl groups is 2. The Hall–Kier alpha value is -2.89. The van der Waals surface area contributed by atoms with Gasteiger partial charge < -0.3 is 15.3 Å². The summed E-state index contributed by atoms with van der Waals surface area (Å²) < 4.78 is 0. The van der Waals surface area contributed by atoms with Gasteiger partial charge in [-0.15, -0.1) is 0 Å². The highest BCUT2D eigenvalue weighted by Crippen LogP contribution is 2.34. The molecule has 0 bridgehead atoms. The van der Waals surface area contributed by atoms with E-state index in [1.165, 1.54) is 0 Å². The standard InChI is InChI=1S/C16H14O6/c1-2-3-8(17)4-5-9-14(20)10-6-12(18)13(19)7-11(10)16(22)15(9)21/h4-7,18-19,21H,2-3H2,1H3/b5-4+. The molecule has 0 aliphatic heterocycles. The molecule has 6 nitrogen and oxygen atoms in total. The van der Waals surface area contributed by atoms with Gasteiger partial charge in [0.1, 0.15) is 0 Å². The Labute approximate surface area is 126 Å². The zero-order valence-electron chi connectivity index (χ0n) is 11.8. The molecule has 0 aromatic heterocycles. The largest absolute Gasteiger partial charge is 0.504 e. The molecule has 1 aliphatic carbocycles. The number of carbonyl (C=O) groups is 3. The van der Waals surface area contributed by atoms with Gasteiger partial charge in [0.15, 0.2) is 28.8 Å². The average Bonchev–Trinajstić information content (AvgIpc) is 2.47. The number of fused-ring (bicyclic) bond motifs is 1. The lowest BCUT2D eigenvalue weighted by Crippen LogP contribution is -2.21. The predicted molar refractivity (Wildman–Crippen MR) is 77.1 cm³/mol. The van der Waals surface area contributed by atoms with Gasteiger partial charge in [-0.1, -0.05) is 6.92 Å². The van der Waals surface area contributed by atoms with Crippen LogP contribution in [0, 0.1) is 0 Å². The number of phenolic OH excluding ortho intramolecular Hbond substituents is 2. The number of allylic oxidation sites excluding steroid dienone is 4. The van der Waals surface area contributed by atoms with E-state index >= 15 is 0 Å². The van der Waals surface area contributed by atoms with Crippen LogP contribution in [0.1, 0.15) is 40.5 Å². The second-order valence-corrected chi connectivity index (χ2v) is 4.86. The summed E-state index contributed by atoms with van der Waals surface area (Å²) >= 11 is 0. The van der Waals surface area contributed by atoms with Gasteiger partial charge in [0.2, 0.25) is 5.78 Å². The zero-order valence-corrected chi connectivity index (χ0v) is 11.8. The molecule has 0 radical (unpaired) electrons. The maximum absolute atomic E-state index is 12.3. The monoisotopic (exact) mass is 302 g/mol. The van der Waals surface area contributed by atoms with Gasteiger partial charge in [0.05, 0.1) is 5.57 Å². The lowest BCUT2D eigenvalue weighted by molar-refractivity contribution is -0.114. The molecule has 22 heavy (non-hydrogen) atoms. The Kier molecular flexibility index (Phi) is 4.12. The SMILES string of the molecule is CCCC(=O)/C=C/C1=C(O)C(=O)c2cc(O)c(O)cc2C1=O. The number of rotatable bonds is 4. The number of Topliss-reactive ketones (excluding diaryl/α,β-unsaturated/α-hetero) is 2. The van der Waals surface area contributed by atoms with Crippen LogP contribution < -0.4 is 0 Å². The number of phenols is 2. The Morgan fingerprint density at radius 2 is 1.59 bits per heavy atom. The Bertz CT molecular complexity index is 739. The van der Waals surface area contributed by atoms with Gasteiger partial charge in [-0.25, -0.2) is 0 Å². The van der Waals surface area contributed by atoms with Gasteiger partial charge in [-0.05, 0) is 30.7 Å². The van der Waals surface area contributed by atoms with Crippen molar-refractivity contribution in [2.45, 2.75) is 19.8 Å². The molecule has 1 aromatic carbocycles. The summed E-state index contributed by atoms with van der Waals surface area (Å²) in [5.41, 5.74) is -0.650. The van der Waals surface area contributed by atoms with E-state index in [0.717, 1.165) is 24.3 Å². The van der Waals surface area contributed by atoms with Gasteiger partial charge in [-0.2, -0.15) is 0 Å². The van der Waals surface area contributed by atoms with Crippen molar-refractivity contribution in [2.24, 2.45) is 0 Å². The highest BCUT2D eigenvalue weighted by molar-refractivity contribution is 6.27. The van der Waals surface area contributed by atoms with Crippen molar-refractivity contribution < 1.29 is 29.7 Å². The average molecular weight is 302 g/mol. The van der Waals surface area contributed by atoms with Crippen LogP contribution in [0.3, 0.4) is 0 Å². The third kappa shape index (κ3) is 2.63. The minimum absolute atomic E-state index is 0.138. The predicted octanol–water partition coefficient (Wildman–Crippen LogP) is 2.21. The van der Waals surface area contributed by atoms with Crippen molar-refractivity contribution in [3.8, 4) is 11.5 Å². The molecule has 0 fully saturated rings. The van der Waals surface area contributed by atoms with Crippen LogP contribution >= 0.6 is 0 Å². The minimum atomic E-state index is -0.854. The highest BCUT2D eigenvalue weighted by atomic mass is 16.3. The van der Waals surface area contributed by atoms with Gasteiger partial charge in [0, 0.05) is 17.5 Å². The van der Waals surface area contributed by atoms with Crippen LogP contribution in [0.5, 0.6) is 11.5 Å². The van der Waals surface area contributed by atoms with Crippen molar-refractivity contribution in [1.82, 2.24) is 0 Å². The number of hydrogen-bond donors (Lipinski definition) is 3. The van der Waals surface area contributed by atoms with Crippen molar-refractivity contribution >= 4 is 17.3 Å². The van der Waals surface area contributed by atoms with Crippen LogP contribution in [-0.4, -0.2) is 32.7 Å². The van der Waals surface area contributed by atoms with Gasteiger partial charge >= 0.3 is 0 Å². The first-order valence-electron chi connectivity index (χ1n) is 6.66. The van der Waals surface area contributed by atoms with Crippen molar-refractivity contribution in [3.63, 3.8) is 0 Å². The van der Waals surface area contributed by atoms with Crippen LogP contribution in [0.25, 0.3) is 0 Å². The van der Waals surface area contributed by atoms with E-state index in [9.17, 15) is 29.7 Å². The third-order valence-corrected chi connectivity index (χ3v) is 3.25. The first-order chi connectivity index (χ1) is 10.4. The van der Waals surface area contributed by atoms with E-state index in [1.807, 2.05) is 6.92 Å². The van der Waals surface area contributed by atoms with E-state index < -0.39 is 28.8 Å². The third-order valence-electron chi connectivity index (χ3n) is 3.25. The smallest absolute Gasteiger partial charge is 0.228 e. The molecule has 0 saturated heterocycles. The summed E-state index contributed by atoms with van der Waals surface area (Å²) in [6, 6.07) is 1.88. The molecule has 0 saturated carbocycles. The molecule has 0 amide bonds. The number of benzene rings is 1. The summed E-state index contributed by atoms with van der Waals surface area (Å²) in [5.74, 6) is -3.70. The second kappa shape index (κ2) is 5.85. The lowest BCUT2D eigenvalue weighted by atomic mass is 9.87. The summed E-state index contributed by atoms with van der Waals surface area (Å²) in [5, 5.41) is 28.7. The fourth-order valence-corrected chi connectivity index (χ4v) is 2.12. The van der Waals surface area contributed by atoms with E-state index in [4.69, 9.17) is 0 Å². The van der Waals surface area contributed by atoms with E-state index in [2.05, 4.69) is 0 Å². The number of hydrogen-bond acceptors (Lipinski definition) is 6.